The molecule has 0 aliphatic heterocycles. The van der Waals surface area contributed by atoms with Gasteiger partial charge >= 0.3 is 11.9 Å². The fraction of sp³-hybridized carbons (Fsp3) is 0.851. The molecule has 0 saturated heterocycles. The van der Waals surface area contributed by atoms with Crippen LogP contribution in [0.3, 0.4) is 0 Å². The normalized spacial score (nSPS) is 13.1. The quantitative estimate of drug-likeness (QED) is 0.0264. The number of carbonyl (C=O) groups excluding carboxylic acids is 3. The maximum absolute atomic E-state index is 12.6. The largest absolute Gasteiger partial charge is 0.544 e. The summed E-state index contributed by atoms with van der Waals surface area (Å²) in [5, 5.41) is 11.6. The third-order valence-electron chi connectivity index (χ3n) is 10.3. The van der Waals surface area contributed by atoms with Gasteiger partial charge in [0.05, 0.1) is 40.3 Å². The minimum absolute atomic E-state index is 0.0416. The van der Waals surface area contributed by atoms with Crippen LogP contribution >= 0.6 is 0 Å². The number of esters is 2. The van der Waals surface area contributed by atoms with Crippen molar-refractivity contribution >= 4 is 17.9 Å². The van der Waals surface area contributed by atoms with E-state index >= 15 is 0 Å². The van der Waals surface area contributed by atoms with Crippen LogP contribution in [0.25, 0.3) is 0 Å². The molecular weight excluding hydrogens is 691 g/mol. The molecule has 0 aromatic rings. The molecule has 0 spiro atoms. The Morgan fingerprint density at radius 2 is 0.964 bits per heavy atom. The highest BCUT2D eigenvalue weighted by molar-refractivity contribution is 5.70. The lowest BCUT2D eigenvalue weighted by Gasteiger charge is -2.34. The molecular formula is C47H87NO7. The van der Waals surface area contributed by atoms with E-state index in [0.29, 0.717) is 12.8 Å². The van der Waals surface area contributed by atoms with E-state index < -0.39 is 18.1 Å². The van der Waals surface area contributed by atoms with Crippen molar-refractivity contribution in [3.63, 3.8) is 0 Å². The number of carbonyl (C=O) groups is 3. The number of aliphatic carboxylic acids is 1. The third kappa shape index (κ3) is 37.2. The molecule has 0 radical (unpaired) electrons. The topological polar surface area (TPSA) is 102 Å². The summed E-state index contributed by atoms with van der Waals surface area (Å²) in [6, 6.07) is -0.723. The Hall–Kier alpha value is -2.19. The number of quaternary nitrogens is 1. The van der Waals surface area contributed by atoms with E-state index in [2.05, 4.69) is 38.2 Å². The fourth-order valence-corrected chi connectivity index (χ4v) is 6.75. The van der Waals surface area contributed by atoms with Gasteiger partial charge in [-0.3, -0.25) is 9.59 Å². The van der Waals surface area contributed by atoms with Crippen LogP contribution in [0.5, 0.6) is 0 Å². The number of rotatable bonds is 41. The molecule has 322 valence electrons. The Morgan fingerprint density at radius 1 is 0.545 bits per heavy atom. The van der Waals surface area contributed by atoms with E-state index in [0.717, 1.165) is 51.4 Å². The van der Waals surface area contributed by atoms with Crippen molar-refractivity contribution in [1.29, 1.82) is 0 Å². The highest BCUT2D eigenvalue weighted by Crippen LogP contribution is 2.14. The van der Waals surface area contributed by atoms with Crippen LogP contribution in [0.1, 0.15) is 206 Å². The van der Waals surface area contributed by atoms with Crippen molar-refractivity contribution in [1.82, 2.24) is 0 Å². The van der Waals surface area contributed by atoms with E-state index in [4.69, 9.17) is 14.2 Å². The van der Waals surface area contributed by atoms with Gasteiger partial charge in [-0.05, 0) is 44.9 Å². The van der Waals surface area contributed by atoms with Crippen LogP contribution in [0, 0.1) is 0 Å². The van der Waals surface area contributed by atoms with Gasteiger partial charge in [0.2, 0.25) is 0 Å². The number of hydrogen-bond acceptors (Lipinski definition) is 7. The molecule has 0 fully saturated rings. The molecule has 0 bridgehead atoms. The smallest absolute Gasteiger partial charge is 0.306 e. The highest BCUT2D eigenvalue weighted by atomic mass is 16.6. The lowest BCUT2D eigenvalue weighted by molar-refractivity contribution is -0.889. The zero-order chi connectivity index (χ0) is 40.7. The second-order valence-corrected chi connectivity index (χ2v) is 16.6. The molecule has 0 amide bonds. The first-order chi connectivity index (χ1) is 26.6. The lowest BCUT2D eigenvalue weighted by Crippen LogP contribution is -2.55. The van der Waals surface area contributed by atoms with E-state index in [-0.39, 0.29) is 42.7 Å². The van der Waals surface area contributed by atoms with Crippen molar-refractivity contribution < 1.29 is 38.2 Å². The van der Waals surface area contributed by atoms with Crippen molar-refractivity contribution in [2.75, 3.05) is 41.0 Å². The first-order valence-electron chi connectivity index (χ1n) is 22.9. The zero-order valence-electron chi connectivity index (χ0n) is 36.6. The van der Waals surface area contributed by atoms with Gasteiger partial charge in [0.25, 0.3) is 0 Å². The van der Waals surface area contributed by atoms with Gasteiger partial charge in [-0.1, -0.05) is 167 Å². The van der Waals surface area contributed by atoms with Crippen LogP contribution in [-0.4, -0.2) is 75.5 Å². The zero-order valence-corrected chi connectivity index (χ0v) is 36.6. The number of likely N-dealkylation sites (N-methyl/N-ethyl adjacent to an activating group) is 1. The maximum atomic E-state index is 12.6. The van der Waals surface area contributed by atoms with Gasteiger partial charge in [-0.25, -0.2) is 0 Å². The monoisotopic (exact) mass is 778 g/mol. The maximum Gasteiger partial charge on any atom is 0.306 e. The Labute approximate surface area is 339 Å². The summed E-state index contributed by atoms with van der Waals surface area (Å²) in [7, 11) is 5.40. The third-order valence-corrected chi connectivity index (χ3v) is 10.3. The van der Waals surface area contributed by atoms with E-state index in [1.54, 1.807) is 21.1 Å². The molecule has 0 aromatic heterocycles. The predicted octanol–water partition coefficient (Wildman–Crippen LogP) is 11.1. The molecule has 0 aliphatic rings. The van der Waals surface area contributed by atoms with Crippen LogP contribution in [0.15, 0.2) is 24.3 Å². The van der Waals surface area contributed by atoms with Gasteiger partial charge in [-0.2, -0.15) is 0 Å². The second-order valence-electron chi connectivity index (χ2n) is 16.6. The molecule has 0 aromatic carbocycles. The molecule has 8 heteroatoms. The molecule has 2 unspecified atom stereocenters. The number of carboxylic acid groups (broad SMARTS) is 1. The van der Waals surface area contributed by atoms with Crippen molar-refractivity contribution in [2.24, 2.45) is 0 Å². The standard InChI is InChI=1S/C47H87NO7/c1-6-8-10-12-14-16-17-18-19-20-21-22-23-24-25-26-27-28-30-31-33-35-37-45(49)54-42-43(41-53-40-39-44(47(51)52)48(3,4)5)55-46(50)38-36-34-32-29-15-13-11-9-7-2/h20-21,23-24,43-44H,6-19,22,25-42H2,1-5H3/b21-20+,24-23+. The Kier molecular flexibility index (Phi) is 37.1. The predicted molar refractivity (Wildman–Crippen MR) is 227 cm³/mol. The van der Waals surface area contributed by atoms with E-state index in [1.165, 1.54) is 122 Å². The number of hydrogen-bond donors (Lipinski definition) is 0. The molecule has 0 rings (SSSR count). The molecule has 8 nitrogen and oxygen atoms in total. The number of allylic oxidation sites excluding steroid dienone is 4. The van der Waals surface area contributed by atoms with Crippen molar-refractivity contribution in [2.45, 2.75) is 219 Å². The molecule has 0 aliphatic carbocycles. The molecule has 0 N–H and O–H groups in total. The Bertz CT molecular complexity index is 957. The van der Waals surface area contributed by atoms with Crippen molar-refractivity contribution in [3.8, 4) is 0 Å². The van der Waals surface area contributed by atoms with Gasteiger partial charge < -0.3 is 28.6 Å². The van der Waals surface area contributed by atoms with Gasteiger partial charge in [0, 0.05) is 19.3 Å². The Balaban J connectivity index is 4.19. The number of nitrogens with zero attached hydrogens (tertiary/aromatic N) is 1. The van der Waals surface area contributed by atoms with Crippen LogP contribution in [0.2, 0.25) is 0 Å². The molecule has 2 atom stereocenters. The summed E-state index contributed by atoms with van der Waals surface area (Å²) in [5.74, 6) is -1.74. The summed E-state index contributed by atoms with van der Waals surface area (Å²) in [6.07, 6.45) is 42.1. The molecule has 0 saturated carbocycles. The number of ether oxygens (including phenoxy) is 3. The second kappa shape index (κ2) is 38.7. The lowest BCUT2D eigenvalue weighted by atomic mass is 10.1. The summed E-state index contributed by atoms with van der Waals surface area (Å²) in [5.41, 5.74) is 0. The Morgan fingerprint density at radius 3 is 1.40 bits per heavy atom. The van der Waals surface area contributed by atoms with E-state index in [9.17, 15) is 19.5 Å². The first-order valence-corrected chi connectivity index (χ1v) is 22.9. The number of carboxylic acids is 1. The van der Waals surface area contributed by atoms with Gasteiger partial charge in [0.15, 0.2) is 6.10 Å². The van der Waals surface area contributed by atoms with Crippen molar-refractivity contribution in [3.05, 3.63) is 24.3 Å². The summed E-state index contributed by atoms with van der Waals surface area (Å²) in [6.45, 7) is 4.64. The molecule has 0 heterocycles. The van der Waals surface area contributed by atoms with Crippen LogP contribution in [0.4, 0.5) is 0 Å². The van der Waals surface area contributed by atoms with Crippen LogP contribution < -0.4 is 5.11 Å². The summed E-state index contributed by atoms with van der Waals surface area (Å²) in [4.78, 5) is 36.7. The fourth-order valence-electron chi connectivity index (χ4n) is 6.75. The highest BCUT2D eigenvalue weighted by Gasteiger charge is 2.25. The first kappa shape index (κ1) is 52.8. The average molecular weight is 778 g/mol. The number of unbranched alkanes of at least 4 members (excludes halogenated alkanes) is 23. The van der Waals surface area contributed by atoms with Gasteiger partial charge in [0.1, 0.15) is 12.6 Å². The summed E-state index contributed by atoms with van der Waals surface area (Å²) >= 11 is 0. The minimum atomic E-state index is -1.13. The van der Waals surface area contributed by atoms with Gasteiger partial charge in [-0.15, -0.1) is 0 Å². The van der Waals surface area contributed by atoms with E-state index in [1.807, 2.05) is 0 Å². The summed E-state index contributed by atoms with van der Waals surface area (Å²) < 4.78 is 17.1. The van der Waals surface area contributed by atoms with Crippen LogP contribution in [-0.2, 0) is 28.6 Å². The minimum Gasteiger partial charge on any atom is -0.544 e. The average Bonchev–Trinajstić information content (AvgIpc) is 3.14. The molecule has 55 heavy (non-hydrogen) atoms. The SMILES string of the molecule is CCCCCCCCCC/C=C/C/C=C/CCCCCCCCCC(=O)OCC(COCCC(C(=O)[O-])[N+](C)(C)C)OC(=O)CCCCCCCCCCC.